The average Bonchev–Trinajstić information content (AvgIpc) is 2.86. The highest BCUT2D eigenvalue weighted by Crippen LogP contribution is 2.41. The molecule has 0 aliphatic rings. The van der Waals surface area contributed by atoms with Crippen molar-refractivity contribution in [3.8, 4) is 0 Å². The van der Waals surface area contributed by atoms with Crippen LogP contribution in [0, 0.1) is 0 Å². The second-order valence-corrected chi connectivity index (χ2v) is 6.50. The Labute approximate surface area is 190 Å². The van der Waals surface area contributed by atoms with Gasteiger partial charge in [0, 0.05) is 36.6 Å². The molecule has 0 aromatic carbocycles. The van der Waals surface area contributed by atoms with Crippen molar-refractivity contribution in [1.29, 1.82) is 0 Å². The van der Waals surface area contributed by atoms with Crippen LogP contribution in [-0.2, 0) is 0 Å². The first-order valence-corrected chi connectivity index (χ1v) is 11.0. The van der Waals surface area contributed by atoms with Crippen molar-refractivity contribution in [3.05, 3.63) is 108 Å². The Kier molecular flexibility index (Phi) is 9.78. The molecule has 32 heavy (non-hydrogen) atoms. The summed E-state index contributed by atoms with van der Waals surface area (Å²) < 4.78 is 0. The van der Waals surface area contributed by atoms with E-state index in [9.17, 15) is 0 Å². The van der Waals surface area contributed by atoms with E-state index < -0.39 is 0 Å². The van der Waals surface area contributed by atoms with Crippen molar-refractivity contribution in [2.24, 2.45) is 0 Å². The maximum Gasteiger partial charge on any atom is 0.123 e. The number of aromatic nitrogens is 4. The van der Waals surface area contributed by atoms with Gasteiger partial charge in [-0.15, -0.1) is 0 Å². The number of hydrogen-bond acceptors (Lipinski definition) is 6. The second-order valence-electron chi connectivity index (χ2n) is 6.50. The molecule has 166 valence electrons. The molecule has 0 saturated heterocycles. The number of pyridine rings is 4. The first-order chi connectivity index (χ1) is 15.7. The Balaban J connectivity index is 0.000000860. The molecule has 6 heteroatoms. The highest BCUT2D eigenvalue weighted by atomic mass is 14.9. The van der Waals surface area contributed by atoms with E-state index in [1.54, 1.807) is 24.5 Å². The third kappa shape index (κ3) is 6.11. The Bertz CT molecular complexity index is 967. The lowest BCUT2D eigenvalue weighted by atomic mass is 9.78. The number of nitrogen functional groups attached to an aromatic ring is 2. The van der Waals surface area contributed by atoms with Crippen LogP contribution in [0.25, 0.3) is 0 Å². The first kappa shape index (κ1) is 24.5. The topological polar surface area (TPSA) is 104 Å². The number of hydrogen-bond donors (Lipinski definition) is 2. The molecule has 0 aliphatic carbocycles. The SMILES string of the molecule is CC.CC.Nc1cccc(C(c2cccnc2)C(c2cccnc2)c2cccc(N)n2)n1. The summed E-state index contributed by atoms with van der Waals surface area (Å²) in [5.41, 5.74) is 15.7. The fourth-order valence-corrected chi connectivity index (χ4v) is 3.47. The van der Waals surface area contributed by atoms with Crippen LogP contribution in [0.3, 0.4) is 0 Å². The fraction of sp³-hybridized carbons (Fsp3) is 0.231. The van der Waals surface area contributed by atoms with Gasteiger partial charge >= 0.3 is 0 Å². The van der Waals surface area contributed by atoms with Gasteiger partial charge in [-0.3, -0.25) is 9.97 Å². The minimum absolute atomic E-state index is 0.157. The van der Waals surface area contributed by atoms with Crippen molar-refractivity contribution in [3.63, 3.8) is 0 Å². The molecule has 4 rings (SSSR count). The average molecular weight is 429 g/mol. The van der Waals surface area contributed by atoms with Gasteiger partial charge < -0.3 is 11.5 Å². The molecule has 0 aliphatic heterocycles. The normalized spacial score (nSPS) is 11.8. The third-order valence-corrected chi connectivity index (χ3v) is 4.64. The van der Waals surface area contributed by atoms with Crippen molar-refractivity contribution in [2.75, 3.05) is 11.5 Å². The standard InChI is InChI=1S/C22H20N6.2C2H6/c23-19-9-1-7-17(27-19)21(15-5-3-11-25-13-15)22(16-6-4-12-26-14-16)18-8-2-10-20(24)28-18;2*1-2/h1-14,21-22H,(H2,23,27)(H2,24,28);2*1-2H3. The predicted molar refractivity (Wildman–Crippen MR) is 132 cm³/mol. The lowest BCUT2D eigenvalue weighted by Crippen LogP contribution is -2.18. The molecule has 4 N–H and O–H groups in total. The van der Waals surface area contributed by atoms with Crippen molar-refractivity contribution >= 4 is 11.6 Å². The van der Waals surface area contributed by atoms with E-state index in [0.717, 1.165) is 22.5 Å². The molecule has 6 nitrogen and oxygen atoms in total. The quantitative estimate of drug-likeness (QED) is 0.438. The van der Waals surface area contributed by atoms with E-state index in [-0.39, 0.29) is 11.8 Å². The monoisotopic (exact) mass is 428 g/mol. The molecule has 0 fully saturated rings. The summed E-state index contributed by atoms with van der Waals surface area (Å²) in [5, 5.41) is 0. The number of anilines is 2. The maximum atomic E-state index is 6.00. The summed E-state index contributed by atoms with van der Waals surface area (Å²) in [7, 11) is 0. The van der Waals surface area contributed by atoms with Crippen LogP contribution in [0.2, 0.25) is 0 Å². The van der Waals surface area contributed by atoms with Gasteiger partial charge in [0.25, 0.3) is 0 Å². The zero-order valence-electron chi connectivity index (χ0n) is 19.2. The van der Waals surface area contributed by atoms with E-state index >= 15 is 0 Å². The van der Waals surface area contributed by atoms with Crippen LogP contribution in [0.15, 0.2) is 85.5 Å². The van der Waals surface area contributed by atoms with Crippen LogP contribution >= 0.6 is 0 Å². The zero-order chi connectivity index (χ0) is 23.3. The zero-order valence-corrected chi connectivity index (χ0v) is 19.2. The first-order valence-electron chi connectivity index (χ1n) is 11.0. The van der Waals surface area contributed by atoms with Crippen molar-refractivity contribution in [2.45, 2.75) is 39.5 Å². The van der Waals surface area contributed by atoms with E-state index in [0.29, 0.717) is 11.6 Å². The van der Waals surface area contributed by atoms with Gasteiger partial charge in [-0.05, 0) is 47.5 Å². The number of rotatable bonds is 5. The molecule has 4 aromatic heterocycles. The molecule has 2 unspecified atom stereocenters. The lowest BCUT2D eigenvalue weighted by molar-refractivity contribution is 0.655. The Morgan fingerprint density at radius 2 is 0.969 bits per heavy atom. The minimum Gasteiger partial charge on any atom is -0.384 e. The Morgan fingerprint density at radius 3 is 1.28 bits per heavy atom. The van der Waals surface area contributed by atoms with Crippen LogP contribution < -0.4 is 11.5 Å². The van der Waals surface area contributed by atoms with Crippen LogP contribution in [0.4, 0.5) is 11.6 Å². The lowest BCUT2D eigenvalue weighted by Gasteiger charge is -2.27. The summed E-state index contributed by atoms with van der Waals surface area (Å²) in [6.07, 6.45) is 7.22. The highest BCUT2D eigenvalue weighted by Gasteiger charge is 2.31. The molecule has 4 aromatic rings. The van der Waals surface area contributed by atoms with Gasteiger partial charge in [0.1, 0.15) is 11.6 Å². The second kappa shape index (κ2) is 12.8. The Morgan fingerprint density at radius 1 is 0.562 bits per heavy atom. The van der Waals surface area contributed by atoms with Gasteiger partial charge in [-0.2, -0.15) is 0 Å². The summed E-state index contributed by atoms with van der Waals surface area (Å²) >= 11 is 0. The van der Waals surface area contributed by atoms with Crippen LogP contribution in [-0.4, -0.2) is 19.9 Å². The molecular weight excluding hydrogens is 396 g/mol. The molecular formula is C26H32N6. The molecule has 0 bridgehead atoms. The van der Waals surface area contributed by atoms with Crippen molar-refractivity contribution < 1.29 is 0 Å². The molecule has 0 saturated carbocycles. The van der Waals surface area contributed by atoms with Gasteiger partial charge in [-0.1, -0.05) is 52.0 Å². The summed E-state index contributed by atoms with van der Waals surface area (Å²) in [5.74, 6) is 0.625. The molecule has 0 amide bonds. The number of nitrogens with zero attached hydrogens (tertiary/aromatic N) is 4. The molecule has 4 heterocycles. The fourth-order valence-electron chi connectivity index (χ4n) is 3.47. The smallest absolute Gasteiger partial charge is 0.123 e. The van der Waals surface area contributed by atoms with Gasteiger partial charge in [-0.25, -0.2) is 9.97 Å². The number of nitrogens with two attached hydrogens (primary N) is 2. The molecule has 0 spiro atoms. The summed E-state index contributed by atoms with van der Waals surface area (Å²) in [6.45, 7) is 8.00. The third-order valence-electron chi connectivity index (χ3n) is 4.64. The predicted octanol–water partition coefficient (Wildman–Crippen LogP) is 5.45. The van der Waals surface area contributed by atoms with E-state index in [1.165, 1.54) is 0 Å². The summed E-state index contributed by atoms with van der Waals surface area (Å²) in [6, 6.07) is 19.2. The maximum absolute atomic E-state index is 6.00. The summed E-state index contributed by atoms with van der Waals surface area (Å²) in [4.78, 5) is 17.9. The molecule has 0 radical (unpaired) electrons. The van der Waals surface area contributed by atoms with Crippen LogP contribution in [0.1, 0.15) is 62.0 Å². The van der Waals surface area contributed by atoms with Crippen LogP contribution in [0.5, 0.6) is 0 Å². The van der Waals surface area contributed by atoms with E-state index in [2.05, 4.69) is 19.9 Å². The van der Waals surface area contributed by atoms with Gasteiger partial charge in [0.05, 0.1) is 11.4 Å². The largest absolute Gasteiger partial charge is 0.384 e. The van der Waals surface area contributed by atoms with Crippen molar-refractivity contribution in [1.82, 2.24) is 19.9 Å². The van der Waals surface area contributed by atoms with Gasteiger partial charge in [0.15, 0.2) is 0 Å². The van der Waals surface area contributed by atoms with Gasteiger partial charge in [0.2, 0.25) is 0 Å². The van der Waals surface area contributed by atoms with E-state index in [1.807, 2.05) is 88.6 Å². The van der Waals surface area contributed by atoms with E-state index in [4.69, 9.17) is 11.5 Å². The molecule has 2 atom stereocenters. The minimum atomic E-state index is -0.157. The Hall–Kier alpha value is -3.80. The highest BCUT2D eigenvalue weighted by molar-refractivity contribution is 5.43.